The minimum absolute atomic E-state index is 0.647. The predicted molar refractivity (Wildman–Crippen MR) is 71.2 cm³/mol. The van der Waals surface area contributed by atoms with E-state index in [1.807, 2.05) is 18.3 Å². The van der Waals surface area contributed by atoms with Crippen LogP contribution in [0, 0.1) is 0 Å². The maximum Gasteiger partial charge on any atom is 0.115 e. The third-order valence-electron chi connectivity index (χ3n) is 2.71. The quantitative estimate of drug-likeness (QED) is 0.741. The van der Waals surface area contributed by atoms with Crippen LogP contribution in [0.3, 0.4) is 0 Å². The highest BCUT2D eigenvalue weighted by Crippen LogP contribution is 2.20. The van der Waals surface area contributed by atoms with Gasteiger partial charge in [0, 0.05) is 30.1 Å². The molecule has 0 bridgehead atoms. The monoisotopic (exact) mass is 252 g/mol. The van der Waals surface area contributed by atoms with Crippen molar-refractivity contribution in [2.24, 2.45) is 0 Å². The molecule has 0 radical (unpaired) electrons. The average Bonchev–Trinajstić information content (AvgIpc) is 2.95. The summed E-state index contributed by atoms with van der Waals surface area (Å²) in [6.07, 6.45) is 10.3. The molecule has 0 atom stereocenters. The summed E-state index contributed by atoms with van der Waals surface area (Å²) in [6.45, 7) is 0.647. The van der Waals surface area contributed by atoms with Crippen molar-refractivity contribution in [1.29, 1.82) is 0 Å². The molecule has 0 saturated heterocycles. The van der Waals surface area contributed by atoms with Gasteiger partial charge >= 0.3 is 0 Å². The van der Waals surface area contributed by atoms with Crippen LogP contribution < -0.4 is 5.32 Å². The maximum atomic E-state index is 4.11. The molecule has 3 aromatic rings. The van der Waals surface area contributed by atoms with E-state index in [9.17, 15) is 0 Å². The Balaban J connectivity index is 1.78. The van der Waals surface area contributed by atoms with Crippen LogP contribution in [-0.2, 0) is 6.54 Å². The van der Waals surface area contributed by atoms with Gasteiger partial charge in [0.15, 0.2) is 0 Å². The number of aromatic nitrogens is 5. The zero-order valence-electron chi connectivity index (χ0n) is 10.1. The molecule has 0 aliphatic carbocycles. The van der Waals surface area contributed by atoms with Gasteiger partial charge in [0.1, 0.15) is 6.33 Å². The summed E-state index contributed by atoms with van der Waals surface area (Å²) in [4.78, 5) is 12.0. The Morgan fingerprint density at radius 2 is 1.95 bits per heavy atom. The van der Waals surface area contributed by atoms with Crippen molar-refractivity contribution in [1.82, 2.24) is 25.1 Å². The van der Waals surface area contributed by atoms with Crippen LogP contribution in [0.2, 0.25) is 0 Å². The lowest BCUT2D eigenvalue weighted by Crippen LogP contribution is -2.00. The van der Waals surface area contributed by atoms with Crippen molar-refractivity contribution in [2.75, 3.05) is 5.32 Å². The summed E-state index contributed by atoms with van der Waals surface area (Å²) in [5.41, 5.74) is 3.93. The first kappa shape index (κ1) is 11.3. The van der Waals surface area contributed by atoms with Crippen molar-refractivity contribution in [3.05, 3.63) is 55.0 Å². The van der Waals surface area contributed by atoms with Gasteiger partial charge in [-0.15, -0.1) is 0 Å². The molecule has 0 saturated carbocycles. The van der Waals surface area contributed by atoms with Gasteiger partial charge in [-0.05, 0) is 12.1 Å². The molecular weight excluding hydrogens is 240 g/mol. The van der Waals surface area contributed by atoms with Gasteiger partial charge in [0.2, 0.25) is 0 Å². The smallest absolute Gasteiger partial charge is 0.115 e. The Morgan fingerprint density at radius 1 is 1.05 bits per heavy atom. The first-order valence-corrected chi connectivity index (χ1v) is 5.85. The highest BCUT2D eigenvalue weighted by Gasteiger charge is 2.07. The minimum Gasteiger partial charge on any atom is -0.378 e. The van der Waals surface area contributed by atoms with Crippen LogP contribution in [0.1, 0.15) is 5.56 Å². The molecule has 3 aromatic heterocycles. The van der Waals surface area contributed by atoms with Gasteiger partial charge in [-0.2, -0.15) is 5.10 Å². The van der Waals surface area contributed by atoms with Gasteiger partial charge in [0.25, 0.3) is 0 Å². The van der Waals surface area contributed by atoms with Crippen molar-refractivity contribution in [2.45, 2.75) is 6.54 Å². The molecule has 19 heavy (non-hydrogen) atoms. The largest absolute Gasteiger partial charge is 0.378 e. The van der Waals surface area contributed by atoms with E-state index < -0.39 is 0 Å². The number of nitrogens with zero attached hydrogens (tertiary/aromatic N) is 4. The third-order valence-corrected chi connectivity index (χ3v) is 2.71. The molecule has 6 heteroatoms. The highest BCUT2D eigenvalue weighted by molar-refractivity contribution is 5.61. The van der Waals surface area contributed by atoms with E-state index in [0.717, 1.165) is 22.5 Å². The van der Waals surface area contributed by atoms with E-state index in [-0.39, 0.29) is 0 Å². The summed E-state index contributed by atoms with van der Waals surface area (Å²) >= 11 is 0. The van der Waals surface area contributed by atoms with Crippen molar-refractivity contribution < 1.29 is 0 Å². The Labute approximate surface area is 110 Å². The summed E-state index contributed by atoms with van der Waals surface area (Å²) < 4.78 is 0. The number of H-pyrrole nitrogens is 1. The summed E-state index contributed by atoms with van der Waals surface area (Å²) in [7, 11) is 0. The second kappa shape index (κ2) is 5.26. The van der Waals surface area contributed by atoms with Gasteiger partial charge in [-0.3, -0.25) is 10.1 Å². The lowest BCUT2D eigenvalue weighted by atomic mass is 10.1. The normalized spacial score (nSPS) is 10.3. The van der Waals surface area contributed by atoms with E-state index in [1.54, 1.807) is 24.8 Å². The van der Waals surface area contributed by atoms with E-state index in [4.69, 9.17) is 0 Å². The summed E-state index contributed by atoms with van der Waals surface area (Å²) in [5.74, 6) is 0. The van der Waals surface area contributed by atoms with Crippen LogP contribution in [0.15, 0.2) is 49.4 Å². The number of pyridine rings is 1. The Morgan fingerprint density at radius 3 is 2.74 bits per heavy atom. The SMILES string of the molecule is c1cncc(-c2[nH]ncc2CNc2cncnc2)c1. The molecule has 2 N–H and O–H groups in total. The second-order valence-electron chi connectivity index (χ2n) is 3.99. The molecule has 0 aliphatic rings. The van der Waals surface area contributed by atoms with Gasteiger partial charge in [-0.1, -0.05) is 0 Å². The van der Waals surface area contributed by atoms with Gasteiger partial charge in [-0.25, -0.2) is 9.97 Å². The third kappa shape index (κ3) is 2.57. The molecular formula is C13H12N6. The fraction of sp³-hybridized carbons (Fsp3) is 0.0769. The van der Waals surface area contributed by atoms with Crippen LogP contribution in [0.5, 0.6) is 0 Å². The molecule has 0 fully saturated rings. The van der Waals surface area contributed by atoms with Gasteiger partial charge in [0.05, 0.1) is 30.0 Å². The predicted octanol–water partition coefficient (Wildman–Crippen LogP) is 1.87. The number of anilines is 1. The van der Waals surface area contributed by atoms with Gasteiger partial charge < -0.3 is 5.32 Å². The second-order valence-corrected chi connectivity index (χ2v) is 3.99. The van der Waals surface area contributed by atoms with E-state index in [2.05, 4.69) is 30.5 Å². The van der Waals surface area contributed by atoms with Crippen molar-refractivity contribution in [3.63, 3.8) is 0 Å². The lowest BCUT2D eigenvalue weighted by Gasteiger charge is -2.05. The molecule has 6 nitrogen and oxygen atoms in total. The Bertz CT molecular complexity index is 635. The fourth-order valence-corrected chi connectivity index (χ4v) is 1.79. The first-order chi connectivity index (χ1) is 9.43. The molecule has 0 amide bonds. The van der Waals surface area contributed by atoms with Crippen LogP contribution >= 0.6 is 0 Å². The molecule has 0 aromatic carbocycles. The summed E-state index contributed by atoms with van der Waals surface area (Å²) in [6, 6.07) is 3.90. The van der Waals surface area contributed by atoms with E-state index in [1.165, 1.54) is 6.33 Å². The number of nitrogens with one attached hydrogen (secondary N) is 2. The van der Waals surface area contributed by atoms with Crippen LogP contribution in [0.25, 0.3) is 11.3 Å². The summed E-state index contributed by atoms with van der Waals surface area (Å²) in [5, 5.41) is 10.3. The average molecular weight is 252 g/mol. The zero-order valence-corrected chi connectivity index (χ0v) is 10.1. The Hall–Kier alpha value is -2.76. The lowest BCUT2D eigenvalue weighted by molar-refractivity contribution is 1.09. The van der Waals surface area contributed by atoms with Crippen LogP contribution in [0.4, 0.5) is 5.69 Å². The molecule has 0 spiro atoms. The molecule has 0 aliphatic heterocycles. The topological polar surface area (TPSA) is 79.4 Å². The number of aromatic amines is 1. The highest BCUT2D eigenvalue weighted by atomic mass is 15.1. The van der Waals surface area contributed by atoms with E-state index >= 15 is 0 Å². The Kier molecular flexibility index (Phi) is 3.14. The van der Waals surface area contributed by atoms with Crippen LogP contribution in [-0.4, -0.2) is 25.1 Å². The standard InChI is InChI=1S/C13H12N6/c1-2-10(4-14-3-1)13-11(6-18-19-13)5-17-12-7-15-9-16-8-12/h1-4,6-9,17H,5H2,(H,18,19). The van der Waals surface area contributed by atoms with Crippen molar-refractivity contribution >= 4 is 5.69 Å². The van der Waals surface area contributed by atoms with Crippen molar-refractivity contribution in [3.8, 4) is 11.3 Å². The maximum absolute atomic E-state index is 4.11. The zero-order chi connectivity index (χ0) is 12.9. The molecule has 3 heterocycles. The molecule has 94 valence electrons. The van der Waals surface area contributed by atoms with E-state index in [0.29, 0.717) is 6.54 Å². The number of rotatable bonds is 4. The fourth-order valence-electron chi connectivity index (χ4n) is 1.79. The minimum atomic E-state index is 0.647. The number of hydrogen-bond donors (Lipinski definition) is 2. The first-order valence-electron chi connectivity index (χ1n) is 5.85. The number of hydrogen-bond acceptors (Lipinski definition) is 5. The molecule has 3 rings (SSSR count). The molecule has 0 unspecified atom stereocenters.